The first-order valence-corrected chi connectivity index (χ1v) is 14.6. The van der Waals surface area contributed by atoms with Gasteiger partial charge in [-0.25, -0.2) is 0 Å². The molecular formula is C28H36N8O5. The van der Waals surface area contributed by atoms with Crippen LogP contribution in [-0.4, -0.2) is 92.3 Å². The van der Waals surface area contributed by atoms with E-state index in [1.807, 2.05) is 12.1 Å². The topological polar surface area (TPSA) is 194 Å². The highest BCUT2D eigenvalue weighted by atomic mass is 16.5. The number of carbonyl (C=O) groups is 3. The van der Waals surface area contributed by atoms with Crippen molar-refractivity contribution in [3.63, 3.8) is 0 Å². The summed E-state index contributed by atoms with van der Waals surface area (Å²) < 4.78 is 0. The van der Waals surface area contributed by atoms with Crippen molar-refractivity contribution in [1.82, 2.24) is 31.1 Å². The molecule has 0 radical (unpaired) electrons. The van der Waals surface area contributed by atoms with Crippen molar-refractivity contribution >= 4 is 29.6 Å². The van der Waals surface area contributed by atoms with Gasteiger partial charge in [0, 0.05) is 12.1 Å². The summed E-state index contributed by atoms with van der Waals surface area (Å²) in [6.45, 7) is -0.199. The number of nitrogens with one attached hydrogen (secondary N) is 6. The molecule has 6 aliphatic rings. The molecule has 41 heavy (non-hydrogen) atoms. The minimum Gasteiger partial charge on any atom is -0.361 e. The largest absolute Gasteiger partial charge is 0.361 e. The van der Waals surface area contributed by atoms with Crippen LogP contribution in [0.1, 0.15) is 60.0 Å². The third-order valence-electron chi connectivity index (χ3n) is 10.2. The monoisotopic (exact) mass is 564 g/mol. The maximum atomic E-state index is 13.5. The van der Waals surface area contributed by atoms with Gasteiger partial charge in [-0.1, -0.05) is 25.0 Å². The van der Waals surface area contributed by atoms with Crippen LogP contribution >= 0.6 is 0 Å². The average Bonchev–Trinajstić information content (AvgIpc) is 3.52. The molecule has 1 aromatic carbocycles. The van der Waals surface area contributed by atoms with Crippen molar-refractivity contribution in [1.29, 1.82) is 10.8 Å². The van der Waals surface area contributed by atoms with Gasteiger partial charge in [-0.2, -0.15) is 0 Å². The molecule has 13 nitrogen and oxygen atoms in total. The van der Waals surface area contributed by atoms with Crippen LogP contribution in [0.4, 0.5) is 0 Å². The second-order valence-electron chi connectivity index (χ2n) is 12.3. The van der Waals surface area contributed by atoms with Gasteiger partial charge in [-0.05, 0) is 55.7 Å². The maximum Gasteiger partial charge on any atom is 0.252 e. The second-order valence-corrected chi connectivity index (χ2v) is 12.3. The zero-order valence-corrected chi connectivity index (χ0v) is 22.7. The Bertz CT molecular complexity index is 1340. The number of guanidine groups is 2. The summed E-state index contributed by atoms with van der Waals surface area (Å²) in [5.41, 5.74) is 0.798. The molecular weight excluding hydrogens is 528 g/mol. The Balaban J connectivity index is 1.17. The molecule has 4 saturated heterocycles. The molecule has 6 atom stereocenters. The van der Waals surface area contributed by atoms with Crippen molar-refractivity contribution in [3.8, 4) is 0 Å². The smallest absolute Gasteiger partial charge is 0.252 e. The van der Waals surface area contributed by atoms with Crippen LogP contribution in [0.25, 0.3) is 0 Å². The predicted octanol–water partition coefficient (Wildman–Crippen LogP) is -1.07. The first-order chi connectivity index (χ1) is 19.6. The fourth-order valence-electron chi connectivity index (χ4n) is 8.17. The highest BCUT2D eigenvalue weighted by Crippen LogP contribution is 2.44. The van der Waals surface area contributed by atoms with Gasteiger partial charge in [0.05, 0.1) is 30.5 Å². The maximum absolute atomic E-state index is 13.5. The number of benzene rings is 1. The van der Waals surface area contributed by atoms with E-state index in [1.165, 1.54) is 9.80 Å². The predicted molar refractivity (Wildman–Crippen MR) is 146 cm³/mol. The van der Waals surface area contributed by atoms with E-state index in [4.69, 9.17) is 10.8 Å². The summed E-state index contributed by atoms with van der Waals surface area (Å²) in [6.07, 6.45) is 6.87. The number of amides is 3. The molecule has 8 N–H and O–H groups in total. The molecule has 5 fully saturated rings. The molecule has 1 aromatic rings. The fraction of sp³-hybridized carbons (Fsp3) is 0.607. The van der Waals surface area contributed by atoms with E-state index in [-0.39, 0.29) is 48.7 Å². The van der Waals surface area contributed by atoms with Gasteiger partial charge >= 0.3 is 0 Å². The van der Waals surface area contributed by atoms with Crippen LogP contribution in [0.15, 0.2) is 18.2 Å². The van der Waals surface area contributed by atoms with E-state index >= 15 is 0 Å². The lowest BCUT2D eigenvalue weighted by Crippen LogP contribution is -2.81. The SMILES string of the molecule is N=C1NC2[C@H](CN3C(=O)C4CCCCC4C3=O)NC(=N)N3CC(NC(=O)c4cccc5c4CCCC5)C(O)(O)C23N1. The van der Waals surface area contributed by atoms with E-state index in [0.717, 1.165) is 49.7 Å². The summed E-state index contributed by atoms with van der Waals surface area (Å²) in [4.78, 5) is 42.6. The van der Waals surface area contributed by atoms with Crippen molar-refractivity contribution in [3.05, 3.63) is 34.9 Å². The number of imide groups is 1. The summed E-state index contributed by atoms with van der Waals surface area (Å²) in [6, 6.07) is 2.67. The Morgan fingerprint density at radius 1 is 1.02 bits per heavy atom. The Morgan fingerprint density at radius 2 is 1.73 bits per heavy atom. The minimum atomic E-state index is -2.63. The Labute approximate surface area is 237 Å². The van der Waals surface area contributed by atoms with Gasteiger partial charge < -0.3 is 36.4 Å². The Morgan fingerprint density at radius 3 is 2.46 bits per heavy atom. The number of aryl methyl sites for hydroxylation is 1. The van der Waals surface area contributed by atoms with E-state index < -0.39 is 35.5 Å². The highest BCUT2D eigenvalue weighted by Gasteiger charge is 2.74. The molecule has 3 amide bonds. The molecule has 13 heteroatoms. The molecule has 7 rings (SSSR count). The van der Waals surface area contributed by atoms with Crippen LogP contribution in [0.5, 0.6) is 0 Å². The zero-order valence-electron chi connectivity index (χ0n) is 22.7. The number of nitrogens with zero attached hydrogens (tertiary/aromatic N) is 2. The van der Waals surface area contributed by atoms with Crippen LogP contribution in [0.3, 0.4) is 0 Å². The number of fused-ring (bicyclic) bond motifs is 2. The van der Waals surface area contributed by atoms with Crippen LogP contribution < -0.4 is 21.3 Å². The molecule has 4 heterocycles. The number of rotatable bonds is 4. The van der Waals surface area contributed by atoms with Gasteiger partial charge in [-0.3, -0.25) is 30.1 Å². The highest BCUT2D eigenvalue weighted by molar-refractivity contribution is 6.05. The first-order valence-electron chi connectivity index (χ1n) is 14.6. The fourth-order valence-corrected chi connectivity index (χ4v) is 8.17. The summed E-state index contributed by atoms with van der Waals surface area (Å²) in [7, 11) is 0. The van der Waals surface area contributed by atoms with Crippen LogP contribution in [0, 0.1) is 22.7 Å². The van der Waals surface area contributed by atoms with Gasteiger partial charge in [0.2, 0.25) is 17.6 Å². The van der Waals surface area contributed by atoms with Gasteiger partial charge in [0.15, 0.2) is 17.6 Å². The molecule has 0 aromatic heterocycles. The third-order valence-corrected chi connectivity index (χ3v) is 10.2. The first kappa shape index (κ1) is 26.2. The third kappa shape index (κ3) is 3.64. The van der Waals surface area contributed by atoms with Crippen LogP contribution in [-0.2, 0) is 22.4 Å². The van der Waals surface area contributed by atoms with Gasteiger partial charge in [-0.15, -0.1) is 0 Å². The number of aliphatic hydroxyl groups is 2. The zero-order chi connectivity index (χ0) is 28.7. The molecule has 218 valence electrons. The summed E-state index contributed by atoms with van der Waals surface area (Å²) >= 11 is 0. The lowest BCUT2D eigenvalue weighted by atomic mass is 9.81. The Kier molecular flexibility index (Phi) is 5.85. The quantitative estimate of drug-likeness (QED) is 0.166. The van der Waals surface area contributed by atoms with Gasteiger partial charge in [0.25, 0.3) is 5.91 Å². The van der Waals surface area contributed by atoms with E-state index in [0.29, 0.717) is 18.4 Å². The standard InChI is InChI=1S/C28H36N8O5/c29-25-33-21-19(12-35-23(38)17-9-3-4-10-18(17)24(35)39)31-26(30)36-13-20(28(40,41)27(21,36)34-25)32-22(37)16-11-5-7-14-6-1-2-8-15(14)16/h5,7,11,17-21,40-41H,1-4,6,8-10,12-13H2,(H2,30,31)(H,32,37)(H3,29,33,34)/t17?,18?,19-,20?,21?,27?/m0/s1. The molecule has 5 unspecified atom stereocenters. The van der Waals surface area contributed by atoms with Crippen molar-refractivity contribution in [2.45, 2.75) is 80.9 Å². The molecule has 2 aliphatic carbocycles. The molecule has 4 aliphatic heterocycles. The average molecular weight is 565 g/mol. The van der Waals surface area contributed by atoms with Crippen molar-refractivity contribution in [2.75, 3.05) is 13.1 Å². The number of carbonyl (C=O) groups excluding carboxylic acids is 3. The number of hydrogen-bond acceptors (Lipinski definition) is 7. The Hall–Kier alpha value is -3.71. The summed E-state index contributed by atoms with van der Waals surface area (Å²) in [5, 5.41) is 52.3. The normalized spacial score (nSPS) is 35.1. The second kappa shape index (κ2) is 9.15. The minimum absolute atomic E-state index is 0.0848. The van der Waals surface area contributed by atoms with Crippen LogP contribution in [0.2, 0.25) is 0 Å². The van der Waals surface area contributed by atoms with E-state index in [9.17, 15) is 24.6 Å². The van der Waals surface area contributed by atoms with Crippen molar-refractivity contribution in [2.24, 2.45) is 11.8 Å². The number of hydrogen-bond donors (Lipinski definition) is 8. The van der Waals surface area contributed by atoms with E-state index in [2.05, 4.69) is 21.3 Å². The molecule has 0 bridgehead atoms. The number of likely N-dealkylation sites (tertiary alicyclic amines) is 1. The lowest BCUT2D eigenvalue weighted by Gasteiger charge is -2.51. The lowest BCUT2D eigenvalue weighted by molar-refractivity contribution is -0.232. The van der Waals surface area contributed by atoms with Crippen molar-refractivity contribution < 1.29 is 24.6 Å². The van der Waals surface area contributed by atoms with Gasteiger partial charge in [0.1, 0.15) is 6.04 Å². The molecule has 1 spiro atoms. The molecule has 1 saturated carbocycles. The summed E-state index contributed by atoms with van der Waals surface area (Å²) in [5.74, 6) is -4.52. The van der Waals surface area contributed by atoms with E-state index in [1.54, 1.807) is 6.07 Å².